The van der Waals surface area contributed by atoms with Crippen LogP contribution in [0.4, 0.5) is 5.69 Å². The Hall–Kier alpha value is -2.73. The highest BCUT2D eigenvalue weighted by atomic mass is 32.1. The second-order valence-electron chi connectivity index (χ2n) is 6.35. The Kier molecular flexibility index (Phi) is 5.04. The van der Waals surface area contributed by atoms with Crippen LogP contribution in [0.15, 0.2) is 35.8 Å². The molecule has 3 aromatic rings. The first-order valence-electron chi connectivity index (χ1n) is 8.28. The number of aromatic nitrogens is 1. The minimum absolute atomic E-state index is 0.354. The van der Waals surface area contributed by atoms with Crippen molar-refractivity contribution in [3.05, 3.63) is 58.1 Å². The quantitative estimate of drug-likeness (QED) is 0.693. The highest BCUT2D eigenvalue weighted by molar-refractivity contribution is 7.16. The maximum atomic E-state index is 12.4. The number of ether oxygens (including phenoxy) is 1. The number of esters is 1. The lowest BCUT2D eigenvalue weighted by molar-refractivity contribution is -0.123. The number of hydrogen-bond donors (Lipinski definition) is 1. The molecule has 0 spiro atoms. The van der Waals surface area contributed by atoms with E-state index in [1.165, 1.54) is 11.3 Å². The second-order valence-corrected chi connectivity index (χ2v) is 7.23. The van der Waals surface area contributed by atoms with Crippen LogP contribution < -0.4 is 5.32 Å². The van der Waals surface area contributed by atoms with E-state index < -0.39 is 12.1 Å². The van der Waals surface area contributed by atoms with Crippen molar-refractivity contribution in [1.82, 2.24) is 4.98 Å². The van der Waals surface area contributed by atoms with Crippen molar-refractivity contribution >= 4 is 39.1 Å². The maximum Gasteiger partial charge on any atom is 0.338 e. The van der Waals surface area contributed by atoms with Crippen molar-refractivity contribution in [2.24, 2.45) is 0 Å². The number of benzene rings is 2. The number of thiazole rings is 1. The first-order valence-corrected chi connectivity index (χ1v) is 9.16. The highest BCUT2D eigenvalue weighted by Crippen LogP contribution is 2.23. The Morgan fingerprint density at radius 1 is 1.12 bits per heavy atom. The van der Waals surface area contributed by atoms with Crippen LogP contribution in [-0.2, 0) is 9.53 Å². The SMILES string of the molecule is Cc1cc(C)c(NC(=O)C(C)OC(=O)c2ccc3ncsc3c2)c(C)c1. The van der Waals surface area contributed by atoms with Crippen LogP contribution in [0, 0.1) is 20.8 Å². The summed E-state index contributed by atoms with van der Waals surface area (Å²) in [6, 6.07) is 9.16. The van der Waals surface area contributed by atoms with Crippen molar-refractivity contribution in [1.29, 1.82) is 0 Å². The van der Waals surface area contributed by atoms with E-state index in [1.807, 2.05) is 32.9 Å². The normalized spacial score (nSPS) is 12.0. The average Bonchev–Trinajstić information content (AvgIpc) is 3.05. The summed E-state index contributed by atoms with van der Waals surface area (Å²) in [4.78, 5) is 29.0. The topological polar surface area (TPSA) is 68.3 Å². The van der Waals surface area contributed by atoms with Crippen LogP contribution in [0.25, 0.3) is 10.2 Å². The van der Waals surface area contributed by atoms with Gasteiger partial charge in [0.1, 0.15) is 0 Å². The Balaban J connectivity index is 1.70. The van der Waals surface area contributed by atoms with Gasteiger partial charge in [-0.3, -0.25) is 4.79 Å². The molecule has 2 aromatic carbocycles. The molecule has 0 aliphatic rings. The third-order valence-corrected chi connectivity index (χ3v) is 4.94. The molecule has 0 aliphatic heterocycles. The molecule has 1 amide bonds. The Bertz CT molecular complexity index is 971. The summed E-state index contributed by atoms with van der Waals surface area (Å²) < 4.78 is 6.24. The number of hydrogen-bond acceptors (Lipinski definition) is 5. The molecule has 0 bridgehead atoms. The molecule has 0 saturated carbocycles. The van der Waals surface area contributed by atoms with Crippen LogP contribution in [0.2, 0.25) is 0 Å². The molecule has 0 aliphatic carbocycles. The third-order valence-electron chi connectivity index (χ3n) is 4.15. The van der Waals surface area contributed by atoms with E-state index in [0.29, 0.717) is 5.56 Å². The summed E-state index contributed by atoms with van der Waals surface area (Å²) in [6.07, 6.45) is -0.903. The smallest absolute Gasteiger partial charge is 0.338 e. The molecule has 26 heavy (non-hydrogen) atoms. The monoisotopic (exact) mass is 368 g/mol. The lowest BCUT2D eigenvalue weighted by Crippen LogP contribution is -2.30. The molecule has 3 rings (SSSR count). The molecular weight excluding hydrogens is 348 g/mol. The summed E-state index contributed by atoms with van der Waals surface area (Å²) in [6.45, 7) is 7.46. The number of anilines is 1. The zero-order valence-corrected chi connectivity index (χ0v) is 15.9. The van der Waals surface area contributed by atoms with Gasteiger partial charge in [-0.25, -0.2) is 9.78 Å². The lowest BCUT2D eigenvalue weighted by atomic mass is 10.0. The molecule has 0 radical (unpaired) electrons. The van der Waals surface area contributed by atoms with E-state index in [9.17, 15) is 9.59 Å². The zero-order valence-electron chi connectivity index (χ0n) is 15.1. The van der Waals surface area contributed by atoms with E-state index in [4.69, 9.17) is 4.74 Å². The van der Waals surface area contributed by atoms with E-state index in [-0.39, 0.29) is 5.91 Å². The van der Waals surface area contributed by atoms with Crippen molar-refractivity contribution in [3.8, 4) is 0 Å². The number of carbonyl (C=O) groups excluding carboxylic acids is 2. The Morgan fingerprint density at radius 2 is 1.81 bits per heavy atom. The first-order chi connectivity index (χ1) is 12.3. The van der Waals surface area contributed by atoms with Crippen LogP contribution in [0.3, 0.4) is 0 Å². The zero-order chi connectivity index (χ0) is 18.8. The second kappa shape index (κ2) is 7.25. The van der Waals surface area contributed by atoms with Crippen molar-refractivity contribution < 1.29 is 14.3 Å². The van der Waals surface area contributed by atoms with Crippen LogP contribution >= 0.6 is 11.3 Å². The van der Waals surface area contributed by atoms with Gasteiger partial charge in [0, 0.05) is 5.69 Å². The molecule has 0 saturated heterocycles. The largest absolute Gasteiger partial charge is 0.449 e. The van der Waals surface area contributed by atoms with E-state index in [2.05, 4.69) is 10.3 Å². The number of amides is 1. The molecule has 1 atom stereocenters. The first kappa shape index (κ1) is 18.1. The number of nitrogens with zero attached hydrogens (tertiary/aromatic N) is 1. The fourth-order valence-electron chi connectivity index (χ4n) is 2.87. The third kappa shape index (κ3) is 3.75. The van der Waals surface area contributed by atoms with Gasteiger partial charge in [0.2, 0.25) is 0 Å². The summed E-state index contributed by atoms with van der Waals surface area (Å²) in [5, 5.41) is 2.86. The number of nitrogens with one attached hydrogen (secondary N) is 1. The predicted octanol–water partition coefficient (Wildman–Crippen LogP) is 4.41. The fraction of sp³-hybridized carbons (Fsp3) is 0.250. The molecule has 5 nitrogen and oxygen atoms in total. The van der Waals surface area contributed by atoms with Crippen LogP contribution in [0.5, 0.6) is 0 Å². The van der Waals surface area contributed by atoms with Crippen molar-refractivity contribution in [2.45, 2.75) is 33.8 Å². The van der Waals surface area contributed by atoms with Gasteiger partial charge in [-0.2, -0.15) is 0 Å². The van der Waals surface area contributed by atoms with Gasteiger partial charge in [0.15, 0.2) is 6.10 Å². The van der Waals surface area contributed by atoms with Gasteiger partial charge in [-0.15, -0.1) is 11.3 Å². The predicted molar refractivity (Wildman–Crippen MR) is 104 cm³/mol. The standard InChI is InChI=1S/C20H20N2O3S/c1-11-7-12(2)18(13(3)8-11)22-19(23)14(4)25-20(24)15-5-6-16-17(9-15)26-10-21-16/h5-10,14H,1-4H3,(H,22,23). The minimum Gasteiger partial charge on any atom is -0.449 e. The van der Waals surface area contributed by atoms with Crippen LogP contribution in [-0.4, -0.2) is 23.0 Å². The summed E-state index contributed by atoms with van der Waals surface area (Å²) in [5.74, 6) is -0.882. The highest BCUT2D eigenvalue weighted by Gasteiger charge is 2.20. The van der Waals surface area contributed by atoms with Crippen LogP contribution in [0.1, 0.15) is 34.0 Å². The molecule has 1 aromatic heterocycles. The maximum absolute atomic E-state index is 12.4. The number of carbonyl (C=O) groups is 2. The number of fused-ring (bicyclic) bond motifs is 1. The van der Waals surface area contributed by atoms with E-state index in [0.717, 1.165) is 32.6 Å². The van der Waals surface area contributed by atoms with Gasteiger partial charge in [-0.1, -0.05) is 17.7 Å². The van der Waals surface area contributed by atoms with Crippen molar-refractivity contribution in [3.63, 3.8) is 0 Å². The number of rotatable bonds is 4. The Labute approximate surface area is 156 Å². The van der Waals surface area contributed by atoms with Gasteiger partial charge in [-0.05, 0) is 57.0 Å². The van der Waals surface area contributed by atoms with Crippen molar-refractivity contribution in [2.75, 3.05) is 5.32 Å². The van der Waals surface area contributed by atoms with Gasteiger partial charge < -0.3 is 10.1 Å². The lowest BCUT2D eigenvalue weighted by Gasteiger charge is -2.17. The fourth-order valence-corrected chi connectivity index (χ4v) is 3.58. The van der Waals surface area contributed by atoms with E-state index in [1.54, 1.807) is 30.6 Å². The molecule has 134 valence electrons. The number of aryl methyl sites for hydroxylation is 3. The summed E-state index contributed by atoms with van der Waals surface area (Å²) in [5.41, 5.74) is 6.81. The molecule has 0 fully saturated rings. The molecule has 1 N–H and O–H groups in total. The molecule has 1 heterocycles. The average molecular weight is 368 g/mol. The Morgan fingerprint density at radius 3 is 2.50 bits per heavy atom. The molecular formula is C20H20N2O3S. The summed E-state index contributed by atoms with van der Waals surface area (Å²) >= 11 is 1.45. The minimum atomic E-state index is -0.903. The summed E-state index contributed by atoms with van der Waals surface area (Å²) in [7, 11) is 0. The van der Waals surface area contributed by atoms with Gasteiger partial charge in [0.25, 0.3) is 5.91 Å². The molecule has 1 unspecified atom stereocenters. The van der Waals surface area contributed by atoms with Gasteiger partial charge in [0.05, 0.1) is 21.3 Å². The van der Waals surface area contributed by atoms with E-state index >= 15 is 0 Å². The van der Waals surface area contributed by atoms with Gasteiger partial charge >= 0.3 is 5.97 Å². The molecule has 6 heteroatoms.